The van der Waals surface area contributed by atoms with Crippen LogP contribution in [0.2, 0.25) is 0 Å². The van der Waals surface area contributed by atoms with Crippen LogP contribution in [0.3, 0.4) is 0 Å². The summed E-state index contributed by atoms with van der Waals surface area (Å²) < 4.78 is 37.2. The van der Waals surface area contributed by atoms with Gasteiger partial charge in [-0.05, 0) is 6.92 Å². The predicted molar refractivity (Wildman–Crippen MR) is 59.9 cm³/mol. The Bertz CT molecular complexity index is 377. The van der Waals surface area contributed by atoms with E-state index in [1.807, 2.05) is 0 Å². The van der Waals surface area contributed by atoms with E-state index in [0.717, 1.165) is 37.2 Å². The summed E-state index contributed by atoms with van der Waals surface area (Å²) in [6.07, 6.45) is -3.35. The second-order valence-corrected chi connectivity index (χ2v) is 5.32. The molecule has 3 nitrogen and oxygen atoms in total. The smallest absolute Gasteiger partial charge is 0.312 e. The summed E-state index contributed by atoms with van der Waals surface area (Å²) in [7, 11) is 0. The van der Waals surface area contributed by atoms with E-state index in [1.165, 1.54) is 0 Å². The zero-order chi connectivity index (χ0) is 12.5. The van der Waals surface area contributed by atoms with Crippen LogP contribution in [0.4, 0.5) is 13.2 Å². The fraction of sp³-hybridized carbons (Fsp3) is 0.700. The third-order valence-electron chi connectivity index (χ3n) is 2.64. The second kappa shape index (κ2) is 4.91. The van der Waals surface area contributed by atoms with Gasteiger partial charge in [-0.3, -0.25) is 4.90 Å². The number of nitrogens with one attached hydrogen (secondary N) is 1. The summed E-state index contributed by atoms with van der Waals surface area (Å²) in [5.41, 5.74) is 0. The van der Waals surface area contributed by atoms with E-state index in [1.54, 1.807) is 0 Å². The van der Waals surface area contributed by atoms with E-state index in [4.69, 9.17) is 0 Å². The molecule has 1 aromatic rings. The molecule has 2 heterocycles. The number of piperazine rings is 1. The molecule has 2 rings (SSSR count). The first-order chi connectivity index (χ1) is 7.95. The Hall–Kier alpha value is -0.660. The first kappa shape index (κ1) is 12.8. The van der Waals surface area contributed by atoms with Crippen LogP contribution < -0.4 is 5.32 Å². The molecule has 0 bridgehead atoms. The number of alkyl halides is 3. The zero-order valence-electron chi connectivity index (χ0n) is 9.42. The van der Waals surface area contributed by atoms with Crippen molar-refractivity contribution in [2.24, 2.45) is 0 Å². The molecule has 0 amide bonds. The molecular weight excluding hydrogens is 251 g/mol. The van der Waals surface area contributed by atoms with Gasteiger partial charge in [-0.2, -0.15) is 13.2 Å². The minimum absolute atomic E-state index is 0.380. The van der Waals surface area contributed by atoms with Crippen LogP contribution in [0.25, 0.3) is 0 Å². The number of nitrogens with zero attached hydrogens (tertiary/aromatic N) is 2. The Kier molecular flexibility index (Phi) is 3.70. The zero-order valence-corrected chi connectivity index (χ0v) is 10.2. The molecule has 1 atom stereocenters. The minimum Gasteiger partial charge on any atom is -0.312 e. The van der Waals surface area contributed by atoms with Gasteiger partial charge in [0, 0.05) is 25.7 Å². The maximum atomic E-state index is 12.4. The van der Waals surface area contributed by atoms with Crippen molar-refractivity contribution in [3.8, 4) is 0 Å². The molecule has 1 saturated heterocycles. The maximum absolute atomic E-state index is 12.4. The van der Waals surface area contributed by atoms with Crippen molar-refractivity contribution in [1.29, 1.82) is 0 Å². The summed E-state index contributed by atoms with van der Waals surface area (Å²) in [4.78, 5) is 5.35. The number of halogens is 3. The molecule has 0 saturated carbocycles. The summed E-state index contributed by atoms with van der Waals surface area (Å²) >= 11 is 0.737. The van der Waals surface area contributed by atoms with Gasteiger partial charge in [-0.15, -0.1) is 11.3 Å². The van der Waals surface area contributed by atoms with E-state index in [9.17, 15) is 13.2 Å². The number of rotatable bonds is 2. The van der Waals surface area contributed by atoms with Gasteiger partial charge in [0.25, 0.3) is 0 Å². The lowest BCUT2D eigenvalue weighted by Crippen LogP contribution is -2.48. The normalized spacial score (nSPS) is 22.9. The molecule has 7 heteroatoms. The molecule has 1 aliphatic heterocycles. The molecule has 1 unspecified atom stereocenters. The van der Waals surface area contributed by atoms with Gasteiger partial charge in [0.15, 0.2) is 0 Å². The quantitative estimate of drug-likeness (QED) is 0.886. The monoisotopic (exact) mass is 265 g/mol. The van der Waals surface area contributed by atoms with Crippen molar-refractivity contribution < 1.29 is 13.2 Å². The highest BCUT2D eigenvalue weighted by molar-refractivity contribution is 7.11. The summed E-state index contributed by atoms with van der Waals surface area (Å²) in [6.45, 7) is 5.15. The average Bonchev–Trinajstić information content (AvgIpc) is 2.65. The van der Waals surface area contributed by atoms with Crippen LogP contribution in [0, 0.1) is 0 Å². The van der Waals surface area contributed by atoms with Crippen LogP contribution in [-0.2, 0) is 12.7 Å². The van der Waals surface area contributed by atoms with E-state index in [2.05, 4.69) is 22.1 Å². The molecule has 1 aromatic heterocycles. The van der Waals surface area contributed by atoms with Gasteiger partial charge in [-0.25, -0.2) is 4.98 Å². The second-order valence-electron chi connectivity index (χ2n) is 4.21. The Balaban J connectivity index is 1.97. The largest absolute Gasteiger partial charge is 0.427 e. The summed E-state index contributed by atoms with van der Waals surface area (Å²) in [6, 6.07) is 0.380. The third kappa shape index (κ3) is 3.40. The van der Waals surface area contributed by atoms with Crippen LogP contribution in [-0.4, -0.2) is 35.6 Å². The van der Waals surface area contributed by atoms with Gasteiger partial charge < -0.3 is 5.32 Å². The van der Waals surface area contributed by atoms with Gasteiger partial charge in [0.2, 0.25) is 0 Å². The molecule has 0 radical (unpaired) electrons. The summed E-state index contributed by atoms with van der Waals surface area (Å²) in [5, 5.41) is 3.82. The topological polar surface area (TPSA) is 28.2 Å². The Morgan fingerprint density at radius 2 is 2.35 bits per heavy atom. The highest BCUT2D eigenvalue weighted by Crippen LogP contribution is 2.33. The van der Waals surface area contributed by atoms with Crippen molar-refractivity contribution >= 4 is 11.3 Å². The first-order valence-corrected chi connectivity index (χ1v) is 6.24. The molecular formula is C10H14F3N3S. The standard InChI is InChI=1S/C10H14F3N3S/c1-7-5-16(3-2-14-7)6-9-15-4-8(17-9)10(11,12)13/h4,7,14H,2-3,5-6H2,1H3. The lowest BCUT2D eigenvalue weighted by Gasteiger charge is -2.31. The molecule has 0 aliphatic carbocycles. The molecule has 1 fully saturated rings. The van der Waals surface area contributed by atoms with Gasteiger partial charge in [0.05, 0.1) is 12.7 Å². The molecule has 0 aromatic carbocycles. The Labute approximate surface area is 102 Å². The Morgan fingerprint density at radius 1 is 1.59 bits per heavy atom. The van der Waals surface area contributed by atoms with E-state index in [0.29, 0.717) is 17.6 Å². The molecule has 0 spiro atoms. The lowest BCUT2D eigenvalue weighted by molar-refractivity contribution is -0.134. The van der Waals surface area contributed by atoms with Crippen LogP contribution >= 0.6 is 11.3 Å². The van der Waals surface area contributed by atoms with E-state index in [-0.39, 0.29) is 0 Å². The number of aromatic nitrogens is 1. The average molecular weight is 265 g/mol. The van der Waals surface area contributed by atoms with Crippen LogP contribution in [0.1, 0.15) is 16.8 Å². The lowest BCUT2D eigenvalue weighted by atomic mass is 10.2. The van der Waals surface area contributed by atoms with Gasteiger partial charge in [-0.1, -0.05) is 0 Å². The first-order valence-electron chi connectivity index (χ1n) is 5.43. The van der Waals surface area contributed by atoms with Crippen molar-refractivity contribution in [1.82, 2.24) is 15.2 Å². The molecule has 1 N–H and O–H groups in total. The molecule has 96 valence electrons. The molecule has 1 aliphatic rings. The minimum atomic E-state index is -4.27. The van der Waals surface area contributed by atoms with Crippen molar-refractivity contribution in [2.45, 2.75) is 25.7 Å². The van der Waals surface area contributed by atoms with Crippen LogP contribution in [0.5, 0.6) is 0 Å². The Morgan fingerprint density at radius 3 is 2.94 bits per heavy atom. The number of thiazole rings is 1. The van der Waals surface area contributed by atoms with E-state index >= 15 is 0 Å². The SMILES string of the molecule is CC1CN(Cc2ncc(C(F)(F)F)s2)CCN1. The van der Waals surface area contributed by atoms with Crippen LogP contribution in [0.15, 0.2) is 6.20 Å². The van der Waals surface area contributed by atoms with Crippen molar-refractivity contribution in [3.05, 3.63) is 16.1 Å². The third-order valence-corrected chi connectivity index (χ3v) is 3.67. The fourth-order valence-electron chi connectivity index (χ4n) is 1.86. The summed E-state index contributed by atoms with van der Waals surface area (Å²) in [5.74, 6) is 0. The number of hydrogen-bond acceptors (Lipinski definition) is 4. The van der Waals surface area contributed by atoms with Gasteiger partial charge in [0.1, 0.15) is 9.88 Å². The predicted octanol–water partition coefficient (Wildman–Crippen LogP) is 1.96. The number of hydrogen-bond donors (Lipinski definition) is 1. The van der Waals surface area contributed by atoms with Crippen molar-refractivity contribution in [3.63, 3.8) is 0 Å². The highest BCUT2D eigenvalue weighted by atomic mass is 32.1. The molecule has 17 heavy (non-hydrogen) atoms. The van der Waals surface area contributed by atoms with Gasteiger partial charge >= 0.3 is 6.18 Å². The highest BCUT2D eigenvalue weighted by Gasteiger charge is 2.33. The van der Waals surface area contributed by atoms with E-state index < -0.39 is 11.1 Å². The fourth-order valence-corrected chi connectivity index (χ4v) is 2.69. The maximum Gasteiger partial charge on any atom is 0.427 e. The van der Waals surface area contributed by atoms with Crippen molar-refractivity contribution in [2.75, 3.05) is 19.6 Å².